The zero-order valence-corrected chi connectivity index (χ0v) is 11.7. The fraction of sp³-hybridized carbons (Fsp3) is 0.200. The van der Waals surface area contributed by atoms with Gasteiger partial charge in [0.1, 0.15) is 3.70 Å². The average molecular weight is 388 g/mol. The summed E-state index contributed by atoms with van der Waals surface area (Å²) in [5.74, 6) is 0. The molecule has 2 rings (SSSR count). The maximum Gasteiger partial charge on any atom is 0.416 e. The van der Waals surface area contributed by atoms with E-state index in [1.165, 1.54) is 16.9 Å². The monoisotopic (exact) mass is 387 g/mol. The standard InChI is InChI=1S/C10H6ClF3IN3/c11-8-2-1-7(10(12,13)14)3-6(8)5-18-9(15)4-16-17-18/h1-4H,5H2. The Morgan fingerprint density at radius 1 is 1.33 bits per heavy atom. The van der Waals surface area contributed by atoms with Gasteiger partial charge in [-0.3, -0.25) is 0 Å². The van der Waals surface area contributed by atoms with Gasteiger partial charge in [-0.2, -0.15) is 13.2 Å². The fourth-order valence-electron chi connectivity index (χ4n) is 1.39. The van der Waals surface area contributed by atoms with Gasteiger partial charge in [0.15, 0.2) is 0 Å². The highest BCUT2D eigenvalue weighted by molar-refractivity contribution is 14.1. The van der Waals surface area contributed by atoms with Crippen LogP contribution < -0.4 is 0 Å². The third kappa shape index (κ3) is 2.94. The first-order valence-corrected chi connectivity index (χ1v) is 6.23. The molecular formula is C10H6ClF3IN3. The number of benzene rings is 1. The number of hydrogen-bond acceptors (Lipinski definition) is 2. The average Bonchev–Trinajstić information content (AvgIpc) is 2.66. The zero-order valence-electron chi connectivity index (χ0n) is 8.75. The molecular weight excluding hydrogens is 381 g/mol. The van der Waals surface area contributed by atoms with Gasteiger partial charge in [-0.15, -0.1) is 5.10 Å². The second-order valence-corrected chi connectivity index (χ2v) is 5.03. The largest absolute Gasteiger partial charge is 0.416 e. The van der Waals surface area contributed by atoms with E-state index < -0.39 is 11.7 Å². The van der Waals surface area contributed by atoms with E-state index in [2.05, 4.69) is 10.3 Å². The maximum absolute atomic E-state index is 12.6. The van der Waals surface area contributed by atoms with Crippen molar-refractivity contribution in [3.8, 4) is 0 Å². The minimum atomic E-state index is -4.38. The van der Waals surface area contributed by atoms with Crippen molar-refractivity contribution in [3.05, 3.63) is 44.2 Å². The Kier molecular flexibility index (Phi) is 3.81. The molecule has 18 heavy (non-hydrogen) atoms. The molecule has 0 aliphatic carbocycles. The molecule has 1 aromatic carbocycles. The summed E-state index contributed by atoms with van der Waals surface area (Å²) < 4.78 is 39.9. The van der Waals surface area contributed by atoms with Gasteiger partial charge in [0.25, 0.3) is 0 Å². The summed E-state index contributed by atoms with van der Waals surface area (Å²) in [6.45, 7) is 0.154. The van der Waals surface area contributed by atoms with Crippen LogP contribution in [-0.2, 0) is 12.7 Å². The first kappa shape index (κ1) is 13.6. The molecule has 3 nitrogen and oxygen atoms in total. The SMILES string of the molecule is FC(F)(F)c1ccc(Cl)c(Cn2nncc2I)c1. The molecule has 0 radical (unpaired) electrons. The summed E-state index contributed by atoms with van der Waals surface area (Å²) >= 11 is 7.88. The lowest BCUT2D eigenvalue weighted by Gasteiger charge is -2.10. The maximum atomic E-state index is 12.6. The highest BCUT2D eigenvalue weighted by Crippen LogP contribution is 2.32. The van der Waals surface area contributed by atoms with Gasteiger partial charge in [0.2, 0.25) is 0 Å². The molecule has 1 aromatic heterocycles. The molecule has 0 bridgehead atoms. The second-order valence-electron chi connectivity index (χ2n) is 3.52. The van der Waals surface area contributed by atoms with Gasteiger partial charge < -0.3 is 0 Å². The van der Waals surface area contributed by atoms with Crippen molar-refractivity contribution in [1.82, 2.24) is 15.0 Å². The molecule has 0 saturated carbocycles. The summed E-state index contributed by atoms with van der Waals surface area (Å²) in [5.41, 5.74) is -0.369. The van der Waals surface area contributed by atoms with Crippen LogP contribution in [0.1, 0.15) is 11.1 Å². The number of hydrogen-bond donors (Lipinski definition) is 0. The third-order valence-electron chi connectivity index (χ3n) is 2.26. The number of nitrogens with zero attached hydrogens (tertiary/aromatic N) is 3. The van der Waals surface area contributed by atoms with E-state index in [9.17, 15) is 13.2 Å². The third-order valence-corrected chi connectivity index (χ3v) is 3.47. The number of halogens is 5. The van der Waals surface area contributed by atoms with Crippen LogP contribution >= 0.6 is 34.2 Å². The van der Waals surface area contributed by atoms with Crippen LogP contribution in [0.15, 0.2) is 24.4 Å². The van der Waals surface area contributed by atoms with Crippen molar-refractivity contribution < 1.29 is 13.2 Å². The highest BCUT2D eigenvalue weighted by Gasteiger charge is 2.30. The highest BCUT2D eigenvalue weighted by atomic mass is 127. The van der Waals surface area contributed by atoms with Crippen LogP contribution in [0, 0.1) is 3.70 Å². The number of rotatable bonds is 2. The molecule has 8 heteroatoms. The molecule has 0 fully saturated rings. The van der Waals surface area contributed by atoms with Gasteiger partial charge in [-0.1, -0.05) is 16.8 Å². The summed E-state index contributed by atoms with van der Waals surface area (Å²) in [7, 11) is 0. The van der Waals surface area contributed by atoms with E-state index in [0.717, 1.165) is 15.8 Å². The Morgan fingerprint density at radius 3 is 2.61 bits per heavy atom. The van der Waals surface area contributed by atoms with Gasteiger partial charge >= 0.3 is 6.18 Å². The predicted octanol–water partition coefficient (Wildman–Crippen LogP) is 3.60. The molecule has 0 aliphatic rings. The van der Waals surface area contributed by atoms with E-state index in [1.807, 2.05) is 22.6 Å². The molecule has 96 valence electrons. The molecule has 0 atom stereocenters. The molecule has 0 spiro atoms. The Hall–Kier alpha value is -0.830. The zero-order chi connectivity index (χ0) is 13.3. The molecule has 2 aromatic rings. The minimum absolute atomic E-state index is 0.154. The van der Waals surface area contributed by atoms with E-state index in [1.54, 1.807) is 0 Å². The first-order valence-electron chi connectivity index (χ1n) is 4.77. The van der Waals surface area contributed by atoms with E-state index in [-0.39, 0.29) is 11.6 Å². The smallest absolute Gasteiger partial charge is 0.235 e. The quantitative estimate of drug-likeness (QED) is 0.737. The van der Waals surface area contributed by atoms with E-state index in [0.29, 0.717) is 5.56 Å². The van der Waals surface area contributed by atoms with Crippen LogP contribution in [0.2, 0.25) is 5.02 Å². The minimum Gasteiger partial charge on any atom is -0.235 e. The topological polar surface area (TPSA) is 30.7 Å². The first-order chi connectivity index (χ1) is 8.38. The molecule has 0 saturated heterocycles. The van der Waals surface area contributed by atoms with Crippen molar-refractivity contribution in [2.45, 2.75) is 12.7 Å². The lowest BCUT2D eigenvalue weighted by Crippen LogP contribution is -2.09. The van der Waals surface area contributed by atoms with E-state index >= 15 is 0 Å². The Bertz CT molecular complexity index is 568. The fourth-order valence-corrected chi connectivity index (χ4v) is 1.95. The summed E-state index contributed by atoms with van der Waals surface area (Å²) in [6.07, 6.45) is -2.86. The van der Waals surface area contributed by atoms with Gasteiger partial charge in [-0.25, -0.2) is 4.68 Å². The molecule has 0 unspecified atom stereocenters. The van der Waals surface area contributed by atoms with Crippen LogP contribution in [0.25, 0.3) is 0 Å². The van der Waals surface area contributed by atoms with Crippen molar-refractivity contribution in [3.63, 3.8) is 0 Å². The van der Waals surface area contributed by atoms with Crippen LogP contribution in [0.5, 0.6) is 0 Å². The lowest BCUT2D eigenvalue weighted by molar-refractivity contribution is -0.137. The van der Waals surface area contributed by atoms with Gasteiger partial charge in [0, 0.05) is 5.02 Å². The molecule has 1 heterocycles. The lowest BCUT2D eigenvalue weighted by atomic mass is 10.1. The van der Waals surface area contributed by atoms with Crippen LogP contribution in [0.3, 0.4) is 0 Å². The van der Waals surface area contributed by atoms with Crippen LogP contribution in [-0.4, -0.2) is 15.0 Å². The van der Waals surface area contributed by atoms with Crippen molar-refractivity contribution in [1.29, 1.82) is 0 Å². The second kappa shape index (κ2) is 5.04. The van der Waals surface area contributed by atoms with E-state index in [4.69, 9.17) is 11.6 Å². The number of alkyl halides is 3. The van der Waals surface area contributed by atoms with Gasteiger partial charge in [0.05, 0.1) is 18.3 Å². The molecule has 0 amide bonds. The van der Waals surface area contributed by atoms with Crippen LogP contribution in [0.4, 0.5) is 13.2 Å². The van der Waals surface area contributed by atoms with Crippen molar-refractivity contribution >= 4 is 34.2 Å². The summed E-state index contributed by atoms with van der Waals surface area (Å²) in [5, 5.41) is 7.69. The van der Waals surface area contributed by atoms with Gasteiger partial charge in [-0.05, 0) is 46.4 Å². The normalized spacial score (nSPS) is 11.8. The van der Waals surface area contributed by atoms with Crippen molar-refractivity contribution in [2.24, 2.45) is 0 Å². The number of aromatic nitrogens is 3. The Labute approximate surface area is 119 Å². The van der Waals surface area contributed by atoms with Crippen molar-refractivity contribution in [2.75, 3.05) is 0 Å². The Balaban J connectivity index is 2.36. The molecule has 0 aliphatic heterocycles. The summed E-state index contributed by atoms with van der Waals surface area (Å²) in [6, 6.07) is 3.22. The molecule has 0 N–H and O–H groups in total. The Morgan fingerprint density at radius 2 is 2.06 bits per heavy atom. The predicted molar refractivity (Wildman–Crippen MR) is 68.3 cm³/mol. The summed E-state index contributed by atoms with van der Waals surface area (Å²) in [4.78, 5) is 0.